The van der Waals surface area contributed by atoms with Crippen LogP contribution < -0.4 is 0 Å². The molecule has 0 saturated carbocycles. The lowest BCUT2D eigenvalue weighted by Crippen LogP contribution is -2.45. The van der Waals surface area contributed by atoms with Crippen molar-refractivity contribution in [1.29, 1.82) is 0 Å². The van der Waals surface area contributed by atoms with Gasteiger partial charge in [0.2, 0.25) is 5.91 Å². The van der Waals surface area contributed by atoms with Gasteiger partial charge < -0.3 is 14.5 Å². The van der Waals surface area contributed by atoms with Gasteiger partial charge in [0, 0.05) is 19.6 Å². The van der Waals surface area contributed by atoms with Crippen LogP contribution in [0.3, 0.4) is 0 Å². The zero-order valence-electron chi connectivity index (χ0n) is 15.7. The first-order valence-corrected chi connectivity index (χ1v) is 8.41. The van der Waals surface area contributed by atoms with E-state index in [9.17, 15) is 9.59 Å². The lowest BCUT2D eigenvalue weighted by atomic mass is 10.1. The summed E-state index contributed by atoms with van der Waals surface area (Å²) < 4.78 is 5.30. The Labute approximate surface area is 145 Å². The molecule has 2 amide bonds. The van der Waals surface area contributed by atoms with Gasteiger partial charge in [-0.1, -0.05) is 37.3 Å². The van der Waals surface area contributed by atoms with Crippen molar-refractivity contribution in [2.24, 2.45) is 0 Å². The van der Waals surface area contributed by atoms with E-state index in [2.05, 4.69) is 0 Å². The zero-order valence-corrected chi connectivity index (χ0v) is 15.7. The minimum Gasteiger partial charge on any atom is -0.444 e. The lowest BCUT2D eigenvalue weighted by Gasteiger charge is -2.31. The molecule has 0 N–H and O–H groups in total. The highest BCUT2D eigenvalue weighted by Gasteiger charge is 2.25. The molecule has 0 aromatic heterocycles. The summed E-state index contributed by atoms with van der Waals surface area (Å²) in [6.45, 7) is 10.0. The fourth-order valence-electron chi connectivity index (χ4n) is 2.19. The summed E-state index contributed by atoms with van der Waals surface area (Å²) in [5.74, 6) is -0.0819. The largest absolute Gasteiger partial charge is 0.444 e. The Morgan fingerprint density at radius 2 is 1.75 bits per heavy atom. The van der Waals surface area contributed by atoms with E-state index in [0.29, 0.717) is 6.54 Å². The fraction of sp³-hybridized carbons (Fsp3) is 0.579. The van der Waals surface area contributed by atoms with Crippen LogP contribution in [0.4, 0.5) is 4.79 Å². The number of nitrogens with zero attached hydrogens (tertiary/aromatic N) is 2. The molecular formula is C19H30N2O3. The van der Waals surface area contributed by atoms with E-state index in [4.69, 9.17) is 4.74 Å². The molecular weight excluding hydrogens is 304 g/mol. The second-order valence-electron chi connectivity index (χ2n) is 7.10. The molecule has 0 saturated heterocycles. The molecule has 0 radical (unpaired) electrons. The molecule has 1 atom stereocenters. The lowest BCUT2D eigenvalue weighted by molar-refractivity contribution is -0.134. The molecule has 1 rings (SSSR count). The number of likely N-dealkylation sites (N-methyl/N-ethyl adjacent to an activating group) is 1. The van der Waals surface area contributed by atoms with Crippen LogP contribution >= 0.6 is 0 Å². The van der Waals surface area contributed by atoms with Crippen LogP contribution in [0.1, 0.15) is 46.6 Å². The van der Waals surface area contributed by atoms with Gasteiger partial charge in [0.15, 0.2) is 0 Å². The van der Waals surface area contributed by atoms with Crippen LogP contribution in [0.25, 0.3) is 0 Å². The average Bonchev–Trinajstić information content (AvgIpc) is 2.51. The van der Waals surface area contributed by atoms with Crippen molar-refractivity contribution in [3.05, 3.63) is 35.9 Å². The Morgan fingerprint density at radius 1 is 1.17 bits per heavy atom. The van der Waals surface area contributed by atoms with Gasteiger partial charge >= 0.3 is 6.09 Å². The minimum atomic E-state index is -0.575. The topological polar surface area (TPSA) is 49.9 Å². The number of rotatable bonds is 6. The van der Waals surface area contributed by atoms with Gasteiger partial charge in [0.1, 0.15) is 12.1 Å². The van der Waals surface area contributed by atoms with Crippen LogP contribution in [0.2, 0.25) is 0 Å². The first kappa shape index (κ1) is 20.0. The molecule has 0 heterocycles. The maximum atomic E-state index is 12.7. The van der Waals surface area contributed by atoms with E-state index in [1.165, 1.54) is 4.90 Å². The number of benzene rings is 1. The minimum absolute atomic E-state index is 0.00604. The van der Waals surface area contributed by atoms with Gasteiger partial charge in [0.05, 0.1) is 0 Å². The number of ether oxygens (including phenoxy) is 1. The van der Waals surface area contributed by atoms with Crippen LogP contribution in [-0.4, -0.2) is 47.0 Å². The zero-order chi connectivity index (χ0) is 18.3. The average molecular weight is 334 g/mol. The summed E-state index contributed by atoms with van der Waals surface area (Å²) >= 11 is 0. The van der Waals surface area contributed by atoms with Crippen LogP contribution in [-0.2, 0) is 16.1 Å². The summed E-state index contributed by atoms with van der Waals surface area (Å²) in [4.78, 5) is 27.9. The van der Waals surface area contributed by atoms with Gasteiger partial charge in [-0.3, -0.25) is 4.79 Å². The molecule has 134 valence electrons. The van der Waals surface area contributed by atoms with Crippen molar-refractivity contribution in [1.82, 2.24) is 9.80 Å². The van der Waals surface area contributed by atoms with E-state index in [-0.39, 0.29) is 18.5 Å². The third-order valence-corrected chi connectivity index (χ3v) is 3.72. The number of amides is 2. The predicted octanol–water partition coefficient (Wildman–Crippen LogP) is 3.68. The van der Waals surface area contributed by atoms with Crippen molar-refractivity contribution in [3.8, 4) is 0 Å². The second-order valence-corrected chi connectivity index (χ2v) is 7.10. The molecule has 0 aliphatic rings. The van der Waals surface area contributed by atoms with Crippen molar-refractivity contribution in [3.63, 3.8) is 0 Å². The van der Waals surface area contributed by atoms with Gasteiger partial charge in [-0.05, 0) is 39.7 Å². The third kappa shape index (κ3) is 6.60. The summed E-state index contributed by atoms with van der Waals surface area (Å²) in [6.07, 6.45) is 0.369. The van der Waals surface area contributed by atoms with Crippen molar-refractivity contribution in [2.45, 2.75) is 59.2 Å². The maximum absolute atomic E-state index is 12.7. The monoisotopic (exact) mass is 334 g/mol. The normalized spacial score (nSPS) is 12.4. The summed E-state index contributed by atoms with van der Waals surface area (Å²) in [5.41, 5.74) is 0.500. The molecule has 5 heteroatoms. The molecule has 1 aromatic carbocycles. The SMILES string of the molecule is CCC(C)N(Cc1ccccc1)C(=O)CN(C)C(=O)OC(C)(C)C. The van der Waals surface area contributed by atoms with Crippen molar-refractivity contribution >= 4 is 12.0 Å². The molecule has 1 unspecified atom stereocenters. The summed E-state index contributed by atoms with van der Waals surface area (Å²) in [5, 5.41) is 0. The Balaban J connectivity index is 2.76. The van der Waals surface area contributed by atoms with Crippen LogP contribution in [0, 0.1) is 0 Å². The third-order valence-electron chi connectivity index (χ3n) is 3.72. The van der Waals surface area contributed by atoms with Crippen molar-refractivity contribution < 1.29 is 14.3 Å². The quantitative estimate of drug-likeness (QED) is 0.797. The first-order chi connectivity index (χ1) is 11.1. The van der Waals surface area contributed by atoms with E-state index in [1.54, 1.807) is 27.8 Å². The molecule has 5 nitrogen and oxygen atoms in total. The van der Waals surface area contributed by atoms with E-state index in [0.717, 1.165) is 12.0 Å². The predicted molar refractivity (Wildman–Crippen MR) is 95.6 cm³/mol. The van der Waals surface area contributed by atoms with E-state index in [1.807, 2.05) is 49.1 Å². The highest BCUT2D eigenvalue weighted by atomic mass is 16.6. The maximum Gasteiger partial charge on any atom is 0.410 e. The molecule has 0 bridgehead atoms. The van der Waals surface area contributed by atoms with Crippen LogP contribution in [0.5, 0.6) is 0 Å². The van der Waals surface area contributed by atoms with E-state index >= 15 is 0 Å². The number of hydrogen-bond donors (Lipinski definition) is 0. The Morgan fingerprint density at radius 3 is 2.25 bits per heavy atom. The Bertz CT molecular complexity index is 537. The smallest absolute Gasteiger partial charge is 0.410 e. The Hall–Kier alpha value is -2.04. The standard InChI is InChI=1S/C19H30N2O3/c1-7-15(2)21(13-16-11-9-8-10-12-16)17(22)14-20(6)18(23)24-19(3,4)5/h8-12,15H,7,13-14H2,1-6H3. The van der Waals surface area contributed by atoms with Gasteiger partial charge in [0.25, 0.3) is 0 Å². The summed E-state index contributed by atoms with van der Waals surface area (Å²) in [6, 6.07) is 9.98. The fourth-order valence-corrected chi connectivity index (χ4v) is 2.19. The molecule has 0 aliphatic heterocycles. The van der Waals surface area contributed by atoms with Gasteiger partial charge in [-0.2, -0.15) is 0 Å². The summed E-state index contributed by atoms with van der Waals surface area (Å²) in [7, 11) is 1.59. The van der Waals surface area contributed by atoms with E-state index < -0.39 is 11.7 Å². The second kappa shape index (κ2) is 8.71. The highest BCUT2D eigenvalue weighted by molar-refractivity contribution is 5.82. The van der Waals surface area contributed by atoms with Crippen LogP contribution in [0.15, 0.2) is 30.3 Å². The number of carbonyl (C=O) groups is 2. The van der Waals surface area contributed by atoms with Gasteiger partial charge in [-0.25, -0.2) is 4.79 Å². The number of carbonyl (C=O) groups excluding carboxylic acids is 2. The molecule has 0 spiro atoms. The van der Waals surface area contributed by atoms with Gasteiger partial charge in [-0.15, -0.1) is 0 Å². The first-order valence-electron chi connectivity index (χ1n) is 8.41. The van der Waals surface area contributed by atoms with Crippen molar-refractivity contribution in [2.75, 3.05) is 13.6 Å². The highest BCUT2D eigenvalue weighted by Crippen LogP contribution is 2.13. The molecule has 24 heavy (non-hydrogen) atoms. The molecule has 1 aromatic rings. The Kier molecular flexibility index (Phi) is 7.26. The number of hydrogen-bond acceptors (Lipinski definition) is 3. The molecule has 0 aliphatic carbocycles. The molecule has 0 fully saturated rings.